The Morgan fingerprint density at radius 1 is 0.944 bits per heavy atom. The molecule has 1 nitrogen and oxygen atoms in total. The molecule has 0 bridgehead atoms. The van der Waals surface area contributed by atoms with Crippen LogP contribution in [0.15, 0.2) is 47.8 Å². The smallest absolute Gasteiger partial charge is 0.141 e. The van der Waals surface area contributed by atoms with E-state index in [1.54, 1.807) is 6.07 Å². The third kappa shape index (κ3) is 1.22. The fourth-order valence-corrected chi connectivity index (χ4v) is 3.31. The lowest BCUT2D eigenvalue weighted by molar-refractivity contribution is 0.641. The van der Waals surface area contributed by atoms with Gasteiger partial charge in [0.15, 0.2) is 0 Å². The van der Waals surface area contributed by atoms with Crippen LogP contribution in [0.3, 0.4) is 0 Å². The summed E-state index contributed by atoms with van der Waals surface area (Å²) in [6.45, 7) is 0. The van der Waals surface area contributed by atoms with Crippen molar-refractivity contribution < 1.29 is 4.39 Å². The topological polar surface area (TPSA) is 12.9 Å². The average Bonchev–Trinajstić information content (AvgIpc) is 2.78. The minimum absolute atomic E-state index is 0.175. The number of halogens is 1. The second-order valence-electron chi connectivity index (χ2n) is 4.24. The molecule has 0 atom stereocenters. The van der Waals surface area contributed by atoms with Gasteiger partial charge in [0.25, 0.3) is 0 Å². The van der Waals surface area contributed by atoms with Gasteiger partial charge in [-0.2, -0.15) is 0 Å². The number of fused-ring (bicyclic) bond motifs is 5. The predicted octanol–water partition coefficient (Wildman–Crippen LogP) is 4.69. The van der Waals surface area contributed by atoms with Crippen molar-refractivity contribution >= 4 is 32.3 Å². The van der Waals surface area contributed by atoms with Crippen molar-refractivity contribution in [2.24, 2.45) is 0 Å². The zero-order chi connectivity index (χ0) is 12.1. The molecular formula is C15H8FNS. The summed E-state index contributed by atoms with van der Waals surface area (Å²) in [5.74, 6) is -0.175. The van der Waals surface area contributed by atoms with Crippen LogP contribution >= 0.6 is 11.3 Å². The average molecular weight is 253 g/mol. The lowest BCUT2D eigenvalue weighted by Gasteiger charge is -2.03. The molecule has 18 heavy (non-hydrogen) atoms. The van der Waals surface area contributed by atoms with Gasteiger partial charge in [0.2, 0.25) is 0 Å². The number of hydrogen-bond donors (Lipinski definition) is 0. The maximum absolute atomic E-state index is 13.8. The van der Waals surface area contributed by atoms with Gasteiger partial charge in [-0.05, 0) is 12.1 Å². The SMILES string of the molecule is Fc1cccc2c3nc4ccccc4c-3csc12. The Labute approximate surface area is 107 Å². The Balaban J connectivity index is 2.27. The van der Waals surface area contributed by atoms with Gasteiger partial charge in [-0.25, -0.2) is 9.37 Å². The van der Waals surface area contributed by atoms with Crippen molar-refractivity contribution in [1.82, 2.24) is 4.98 Å². The Morgan fingerprint density at radius 2 is 1.78 bits per heavy atom. The maximum atomic E-state index is 13.8. The third-order valence-electron chi connectivity index (χ3n) is 3.20. The lowest BCUT2D eigenvalue weighted by Crippen LogP contribution is -1.82. The van der Waals surface area contributed by atoms with Crippen LogP contribution in [0.4, 0.5) is 4.39 Å². The first kappa shape index (κ1) is 9.97. The van der Waals surface area contributed by atoms with Crippen molar-refractivity contribution in [2.45, 2.75) is 0 Å². The van der Waals surface area contributed by atoms with E-state index < -0.39 is 0 Å². The molecule has 2 aromatic carbocycles. The van der Waals surface area contributed by atoms with Crippen molar-refractivity contribution in [3.8, 4) is 11.3 Å². The van der Waals surface area contributed by atoms with Crippen molar-refractivity contribution in [3.63, 3.8) is 0 Å². The first-order chi connectivity index (χ1) is 8.84. The summed E-state index contributed by atoms with van der Waals surface area (Å²) in [7, 11) is 0. The second-order valence-corrected chi connectivity index (χ2v) is 5.12. The van der Waals surface area contributed by atoms with E-state index in [2.05, 4.69) is 11.1 Å². The molecule has 86 valence electrons. The van der Waals surface area contributed by atoms with Gasteiger partial charge in [0, 0.05) is 21.7 Å². The predicted molar refractivity (Wildman–Crippen MR) is 73.7 cm³/mol. The fourth-order valence-electron chi connectivity index (χ4n) is 2.36. The standard InChI is InChI=1S/C15H8FNS/c16-12-6-3-5-10-14-11(8-18-15(10)12)9-4-1-2-7-13(9)17-14/h1-8H. The van der Waals surface area contributed by atoms with E-state index in [4.69, 9.17) is 0 Å². The second kappa shape index (κ2) is 3.50. The van der Waals surface area contributed by atoms with Gasteiger partial charge in [-0.1, -0.05) is 30.3 Å². The van der Waals surface area contributed by atoms with Crippen LogP contribution in [-0.2, 0) is 0 Å². The molecule has 0 N–H and O–H groups in total. The number of rotatable bonds is 0. The number of aromatic nitrogens is 1. The number of para-hydroxylation sites is 1. The van der Waals surface area contributed by atoms with Crippen LogP contribution in [0, 0.1) is 5.82 Å². The third-order valence-corrected chi connectivity index (χ3v) is 4.20. The van der Waals surface area contributed by atoms with E-state index in [1.807, 2.05) is 29.6 Å². The van der Waals surface area contributed by atoms with Gasteiger partial charge < -0.3 is 0 Å². The van der Waals surface area contributed by atoms with Crippen LogP contribution in [0.25, 0.3) is 32.2 Å². The van der Waals surface area contributed by atoms with E-state index >= 15 is 0 Å². The summed E-state index contributed by atoms with van der Waals surface area (Å²) in [5.41, 5.74) is 2.97. The van der Waals surface area contributed by atoms with Gasteiger partial charge >= 0.3 is 0 Å². The molecule has 0 fully saturated rings. The van der Waals surface area contributed by atoms with E-state index in [0.717, 1.165) is 27.5 Å². The van der Waals surface area contributed by atoms with Crippen LogP contribution in [0.2, 0.25) is 0 Å². The zero-order valence-corrected chi connectivity index (χ0v) is 10.2. The molecule has 0 saturated heterocycles. The maximum Gasteiger partial charge on any atom is 0.141 e. The molecule has 0 aromatic heterocycles. The summed E-state index contributed by atoms with van der Waals surface area (Å²) in [5, 5.41) is 4.03. The number of benzene rings is 2. The molecule has 0 saturated carbocycles. The Hall–Kier alpha value is -2.00. The Morgan fingerprint density at radius 3 is 2.72 bits per heavy atom. The van der Waals surface area contributed by atoms with Gasteiger partial charge in [0.1, 0.15) is 5.82 Å². The highest BCUT2D eigenvalue weighted by atomic mass is 32.1. The molecule has 3 heteroatoms. The molecule has 4 rings (SSSR count). The molecule has 0 aliphatic carbocycles. The summed E-state index contributed by atoms with van der Waals surface area (Å²) in [6.07, 6.45) is 0. The summed E-state index contributed by atoms with van der Waals surface area (Å²) >= 11 is 1.44. The van der Waals surface area contributed by atoms with E-state index in [1.165, 1.54) is 17.4 Å². The molecular weight excluding hydrogens is 245 g/mol. The molecule has 2 aromatic rings. The highest BCUT2D eigenvalue weighted by molar-refractivity contribution is 7.17. The Bertz CT molecular complexity index is 850. The summed E-state index contributed by atoms with van der Waals surface area (Å²) in [6, 6.07) is 13.2. The van der Waals surface area contributed by atoms with Crippen molar-refractivity contribution in [3.05, 3.63) is 53.7 Å². The zero-order valence-electron chi connectivity index (χ0n) is 9.35. The largest absolute Gasteiger partial charge is 0.247 e. The summed E-state index contributed by atoms with van der Waals surface area (Å²) < 4.78 is 14.4. The van der Waals surface area contributed by atoms with Gasteiger partial charge in [-0.3, -0.25) is 0 Å². The highest BCUT2D eigenvalue weighted by Crippen LogP contribution is 2.39. The first-order valence-corrected chi connectivity index (χ1v) is 6.57. The van der Waals surface area contributed by atoms with E-state index in [-0.39, 0.29) is 5.82 Å². The minimum atomic E-state index is -0.175. The monoisotopic (exact) mass is 253 g/mol. The quantitative estimate of drug-likeness (QED) is 0.443. The van der Waals surface area contributed by atoms with Crippen LogP contribution in [-0.4, -0.2) is 4.98 Å². The van der Waals surface area contributed by atoms with Crippen LogP contribution in [0.1, 0.15) is 0 Å². The minimum Gasteiger partial charge on any atom is -0.247 e. The first-order valence-electron chi connectivity index (χ1n) is 5.69. The van der Waals surface area contributed by atoms with E-state index in [0.29, 0.717) is 4.70 Å². The van der Waals surface area contributed by atoms with E-state index in [9.17, 15) is 4.39 Å². The van der Waals surface area contributed by atoms with Crippen LogP contribution in [0.5, 0.6) is 0 Å². The Kier molecular flexibility index (Phi) is 1.94. The molecule has 0 radical (unpaired) electrons. The van der Waals surface area contributed by atoms with Crippen molar-refractivity contribution in [2.75, 3.05) is 0 Å². The van der Waals surface area contributed by atoms with Crippen molar-refractivity contribution in [1.29, 1.82) is 0 Å². The highest BCUT2D eigenvalue weighted by Gasteiger charge is 2.16. The lowest BCUT2D eigenvalue weighted by atomic mass is 10.1. The molecule has 2 aliphatic heterocycles. The molecule has 0 spiro atoms. The number of nitrogens with zero attached hydrogens (tertiary/aromatic N) is 1. The van der Waals surface area contributed by atoms with Crippen LogP contribution < -0.4 is 0 Å². The normalized spacial score (nSPS) is 11.6. The molecule has 2 heterocycles. The van der Waals surface area contributed by atoms with Gasteiger partial charge in [0.05, 0.1) is 15.9 Å². The van der Waals surface area contributed by atoms with Gasteiger partial charge in [-0.15, -0.1) is 11.3 Å². The molecule has 2 aliphatic rings. The number of hydrogen-bond acceptors (Lipinski definition) is 2. The summed E-state index contributed by atoms with van der Waals surface area (Å²) in [4.78, 5) is 4.62. The molecule has 0 unspecified atom stereocenters. The fraction of sp³-hybridized carbons (Fsp3) is 0. The molecule has 0 amide bonds.